The lowest BCUT2D eigenvalue weighted by Crippen LogP contribution is -2.15. The molecular formula is C15H20O2. The summed E-state index contributed by atoms with van der Waals surface area (Å²) in [5.74, 6) is 1.21. The fraction of sp³-hybridized carbons (Fsp3) is 0.533. The fourth-order valence-electron chi connectivity index (χ4n) is 2.73. The average Bonchev–Trinajstić information content (AvgIpc) is 2.70. The van der Waals surface area contributed by atoms with Crippen LogP contribution in [0.3, 0.4) is 0 Å². The van der Waals surface area contributed by atoms with Gasteiger partial charge < -0.3 is 4.74 Å². The number of hydrogen-bond donors (Lipinski definition) is 0. The van der Waals surface area contributed by atoms with Gasteiger partial charge in [-0.15, -0.1) is 0 Å². The number of hydrogen-bond acceptors (Lipinski definition) is 2. The number of ether oxygens (including phenoxy) is 1. The van der Waals surface area contributed by atoms with E-state index in [1.807, 2.05) is 18.2 Å². The van der Waals surface area contributed by atoms with Gasteiger partial charge in [-0.05, 0) is 36.8 Å². The Kier molecular flexibility index (Phi) is 3.82. The molecule has 0 saturated heterocycles. The molecule has 92 valence electrons. The van der Waals surface area contributed by atoms with Gasteiger partial charge in [0.2, 0.25) is 0 Å². The highest BCUT2D eigenvalue weighted by atomic mass is 16.5. The van der Waals surface area contributed by atoms with Gasteiger partial charge in [-0.3, -0.25) is 0 Å². The van der Waals surface area contributed by atoms with Crippen molar-refractivity contribution < 1.29 is 9.53 Å². The highest BCUT2D eigenvalue weighted by molar-refractivity contribution is 5.89. The molecule has 0 spiro atoms. The molecule has 0 bridgehead atoms. The van der Waals surface area contributed by atoms with Crippen molar-refractivity contribution in [3.05, 3.63) is 35.9 Å². The van der Waals surface area contributed by atoms with E-state index >= 15 is 0 Å². The van der Waals surface area contributed by atoms with Crippen LogP contribution >= 0.6 is 0 Å². The summed E-state index contributed by atoms with van der Waals surface area (Å²) >= 11 is 0. The first kappa shape index (κ1) is 12.2. The molecule has 0 aliphatic heterocycles. The van der Waals surface area contributed by atoms with Crippen LogP contribution in [0.1, 0.15) is 43.5 Å². The summed E-state index contributed by atoms with van der Waals surface area (Å²) < 4.78 is 5.56. The average molecular weight is 232 g/mol. The topological polar surface area (TPSA) is 26.3 Å². The van der Waals surface area contributed by atoms with E-state index in [9.17, 15) is 4.79 Å². The molecule has 1 aromatic carbocycles. The van der Waals surface area contributed by atoms with Crippen LogP contribution in [0.25, 0.3) is 0 Å². The van der Waals surface area contributed by atoms with Crippen molar-refractivity contribution >= 4 is 5.97 Å². The lowest BCUT2D eigenvalue weighted by atomic mass is 9.96. The second-order valence-corrected chi connectivity index (χ2v) is 5.01. The molecule has 1 aliphatic carbocycles. The predicted octanol–water partition coefficient (Wildman–Crippen LogP) is 3.67. The lowest BCUT2D eigenvalue weighted by Gasteiger charge is -2.12. The summed E-state index contributed by atoms with van der Waals surface area (Å²) in [6, 6.07) is 9.24. The largest absolute Gasteiger partial charge is 0.459 e. The highest BCUT2D eigenvalue weighted by Gasteiger charge is 2.32. The van der Waals surface area contributed by atoms with E-state index in [-0.39, 0.29) is 12.1 Å². The fourth-order valence-corrected chi connectivity index (χ4v) is 2.73. The Morgan fingerprint density at radius 3 is 2.59 bits per heavy atom. The van der Waals surface area contributed by atoms with Crippen molar-refractivity contribution in [1.29, 1.82) is 0 Å². The van der Waals surface area contributed by atoms with Crippen LogP contribution in [-0.4, -0.2) is 12.1 Å². The Labute approximate surface area is 103 Å². The van der Waals surface area contributed by atoms with Crippen molar-refractivity contribution in [1.82, 2.24) is 0 Å². The van der Waals surface area contributed by atoms with E-state index in [1.54, 1.807) is 12.1 Å². The summed E-state index contributed by atoms with van der Waals surface area (Å²) in [4.78, 5) is 11.9. The monoisotopic (exact) mass is 232 g/mol. The van der Waals surface area contributed by atoms with Gasteiger partial charge in [0.1, 0.15) is 6.10 Å². The Morgan fingerprint density at radius 1 is 1.29 bits per heavy atom. The van der Waals surface area contributed by atoms with Gasteiger partial charge in [0.15, 0.2) is 0 Å². The van der Waals surface area contributed by atoms with Crippen LogP contribution < -0.4 is 0 Å². The van der Waals surface area contributed by atoms with Crippen LogP contribution in [0.4, 0.5) is 0 Å². The molecule has 2 nitrogen and oxygen atoms in total. The van der Waals surface area contributed by atoms with E-state index < -0.39 is 0 Å². The van der Waals surface area contributed by atoms with Crippen LogP contribution in [0.2, 0.25) is 0 Å². The molecule has 0 aromatic heterocycles. The summed E-state index contributed by atoms with van der Waals surface area (Å²) in [5, 5.41) is 0. The first-order valence-electron chi connectivity index (χ1n) is 6.46. The van der Waals surface area contributed by atoms with Gasteiger partial charge in [-0.2, -0.15) is 0 Å². The van der Waals surface area contributed by atoms with Gasteiger partial charge in [0, 0.05) is 0 Å². The molecule has 0 amide bonds. The zero-order valence-electron chi connectivity index (χ0n) is 10.6. The minimum Gasteiger partial charge on any atom is -0.459 e. The van der Waals surface area contributed by atoms with E-state index in [4.69, 9.17) is 4.74 Å². The Hall–Kier alpha value is -1.31. The number of rotatable bonds is 3. The molecule has 1 fully saturated rings. The van der Waals surface area contributed by atoms with E-state index in [0.717, 1.165) is 12.8 Å². The molecule has 2 heteroatoms. The number of carbonyl (C=O) groups excluding carboxylic acids is 1. The zero-order valence-corrected chi connectivity index (χ0v) is 10.6. The zero-order chi connectivity index (χ0) is 12.3. The Balaban J connectivity index is 1.93. The molecule has 0 heterocycles. The first-order chi connectivity index (χ1) is 8.20. The van der Waals surface area contributed by atoms with Crippen molar-refractivity contribution in [2.75, 3.05) is 0 Å². The van der Waals surface area contributed by atoms with Gasteiger partial charge in [0.05, 0.1) is 5.56 Å². The van der Waals surface area contributed by atoms with Gasteiger partial charge in [-0.1, -0.05) is 38.5 Å². The summed E-state index contributed by atoms with van der Waals surface area (Å²) in [5.41, 5.74) is 0.653. The van der Waals surface area contributed by atoms with Crippen LogP contribution in [-0.2, 0) is 4.74 Å². The SMILES string of the molecule is CC[C@H]1C[C@H](OC(=O)c2ccccc2)C[C@@H]1C. The molecule has 1 aromatic rings. The molecule has 0 radical (unpaired) electrons. The van der Waals surface area contributed by atoms with E-state index in [2.05, 4.69) is 13.8 Å². The minimum absolute atomic E-state index is 0.114. The first-order valence-corrected chi connectivity index (χ1v) is 6.46. The normalized spacial score (nSPS) is 28.0. The standard InChI is InChI=1S/C15H20O2/c1-3-12-10-14(9-11(12)2)17-15(16)13-7-5-4-6-8-13/h4-8,11-12,14H,3,9-10H2,1-2H3/t11-,12-,14+/m0/s1. The second-order valence-electron chi connectivity index (χ2n) is 5.01. The van der Waals surface area contributed by atoms with Crippen molar-refractivity contribution in [3.63, 3.8) is 0 Å². The molecule has 3 atom stereocenters. The smallest absolute Gasteiger partial charge is 0.338 e. The quantitative estimate of drug-likeness (QED) is 0.743. The number of carbonyl (C=O) groups is 1. The van der Waals surface area contributed by atoms with Crippen molar-refractivity contribution in [2.45, 2.75) is 39.2 Å². The van der Waals surface area contributed by atoms with Crippen LogP contribution in [0, 0.1) is 11.8 Å². The van der Waals surface area contributed by atoms with Gasteiger partial charge in [-0.25, -0.2) is 4.79 Å². The third-order valence-corrected chi connectivity index (χ3v) is 3.81. The Morgan fingerprint density at radius 2 is 2.00 bits per heavy atom. The Bertz CT molecular complexity index is 372. The molecule has 0 unspecified atom stereocenters. The predicted molar refractivity (Wildman–Crippen MR) is 67.8 cm³/mol. The molecule has 1 aliphatic rings. The van der Waals surface area contributed by atoms with E-state index in [0.29, 0.717) is 17.4 Å². The number of esters is 1. The van der Waals surface area contributed by atoms with Crippen LogP contribution in [0.15, 0.2) is 30.3 Å². The van der Waals surface area contributed by atoms with Crippen LogP contribution in [0.5, 0.6) is 0 Å². The highest BCUT2D eigenvalue weighted by Crippen LogP contribution is 2.35. The lowest BCUT2D eigenvalue weighted by molar-refractivity contribution is 0.0305. The second kappa shape index (κ2) is 5.35. The summed E-state index contributed by atoms with van der Waals surface area (Å²) in [7, 11) is 0. The molecule has 0 N–H and O–H groups in total. The van der Waals surface area contributed by atoms with Crippen molar-refractivity contribution in [2.24, 2.45) is 11.8 Å². The van der Waals surface area contributed by atoms with E-state index in [1.165, 1.54) is 6.42 Å². The maximum absolute atomic E-state index is 11.9. The molecule has 1 saturated carbocycles. The van der Waals surface area contributed by atoms with Gasteiger partial charge >= 0.3 is 5.97 Å². The molecular weight excluding hydrogens is 212 g/mol. The number of benzene rings is 1. The summed E-state index contributed by atoms with van der Waals surface area (Å²) in [6.45, 7) is 4.47. The third-order valence-electron chi connectivity index (χ3n) is 3.81. The van der Waals surface area contributed by atoms with Crippen molar-refractivity contribution in [3.8, 4) is 0 Å². The molecule has 2 rings (SSSR count). The van der Waals surface area contributed by atoms with Gasteiger partial charge in [0.25, 0.3) is 0 Å². The third kappa shape index (κ3) is 2.87. The minimum atomic E-state index is -0.181. The maximum Gasteiger partial charge on any atom is 0.338 e. The summed E-state index contributed by atoms with van der Waals surface area (Å²) in [6.07, 6.45) is 3.33. The maximum atomic E-state index is 11.9. The molecule has 17 heavy (non-hydrogen) atoms.